The number of hydroxylamine groups is 2. The Morgan fingerprint density at radius 2 is 2.40 bits per heavy atom. The predicted molar refractivity (Wildman–Crippen MR) is 39.7 cm³/mol. The van der Waals surface area contributed by atoms with Gasteiger partial charge in [-0.3, -0.25) is 9.93 Å². The van der Waals surface area contributed by atoms with Gasteiger partial charge in [0.2, 0.25) is 0 Å². The van der Waals surface area contributed by atoms with Crippen molar-refractivity contribution in [3.05, 3.63) is 0 Å². The molecule has 0 aliphatic carbocycles. The van der Waals surface area contributed by atoms with Crippen LogP contribution in [-0.2, 0) is 0 Å². The fourth-order valence-corrected chi connectivity index (χ4v) is 0.516. The summed E-state index contributed by atoms with van der Waals surface area (Å²) >= 11 is 3.44. The Hall–Kier alpha value is -0.460. The zero-order valence-electron chi connectivity index (χ0n) is 5.45. The molecule has 0 saturated carbocycles. The van der Waals surface area contributed by atoms with Gasteiger partial charge in [0.05, 0.1) is 6.54 Å². The molecule has 4 N–H and O–H groups in total. The van der Waals surface area contributed by atoms with Gasteiger partial charge in [0.25, 0.3) is 0 Å². The number of rotatable bonds is 3. The van der Waals surface area contributed by atoms with E-state index in [9.17, 15) is 4.79 Å². The average Bonchev–Trinajstić information content (AvgIpc) is 1.98. The van der Waals surface area contributed by atoms with Crippen molar-refractivity contribution in [2.75, 3.05) is 13.1 Å². The van der Waals surface area contributed by atoms with Crippen LogP contribution in [0.3, 0.4) is 0 Å². The minimum atomic E-state index is -0.642. The van der Waals surface area contributed by atoms with Crippen LogP contribution in [0.15, 0.2) is 0 Å². The largest absolute Gasteiger partial charge is 0.350 e. The zero-order valence-corrected chi connectivity index (χ0v) is 6.34. The molecule has 0 rings (SSSR count). The number of nitrogens with zero attached hydrogens (tertiary/aromatic N) is 1. The topological polar surface area (TPSA) is 78.6 Å². The van der Waals surface area contributed by atoms with Gasteiger partial charge in [-0.2, -0.15) is 0 Å². The molecule has 10 heavy (non-hydrogen) atoms. The van der Waals surface area contributed by atoms with Crippen molar-refractivity contribution < 1.29 is 10.0 Å². The molecule has 0 aromatic carbocycles. The molecular formula is C4H11N3O2S. The van der Waals surface area contributed by atoms with Crippen LogP contribution in [0.2, 0.25) is 0 Å². The Labute approximate surface area is 64.7 Å². The van der Waals surface area contributed by atoms with E-state index >= 15 is 0 Å². The lowest BCUT2D eigenvalue weighted by Gasteiger charge is -2.11. The van der Waals surface area contributed by atoms with E-state index in [0.717, 1.165) is 0 Å². The first-order chi connectivity index (χ1) is 4.72. The van der Waals surface area contributed by atoms with Gasteiger partial charge in [-0.1, -0.05) is 12.8 Å². The molecule has 0 bridgehead atoms. The summed E-state index contributed by atoms with van der Waals surface area (Å²) in [5.74, 6) is 0. The van der Waals surface area contributed by atoms with Crippen LogP contribution >= 0.6 is 12.8 Å². The van der Waals surface area contributed by atoms with E-state index in [-0.39, 0.29) is 6.54 Å². The number of hydrogen-bond donors (Lipinski definition) is 4. The first-order valence-corrected chi connectivity index (χ1v) is 3.27. The molecule has 0 spiro atoms. The van der Waals surface area contributed by atoms with E-state index in [1.165, 1.54) is 0 Å². The van der Waals surface area contributed by atoms with Crippen molar-refractivity contribution >= 4 is 18.8 Å². The highest BCUT2D eigenvalue weighted by Gasteiger charge is 2.05. The van der Waals surface area contributed by atoms with Gasteiger partial charge in [0, 0.05) is 0 Å². The van der Waals surface area contributed by atoms with Gasteiger partial charge in [-0.05, 0) is 13.0 Å². The Morgan fingerprint density at radius 1 is 1.80 bits per heavy atom. The second kappa shape index (κ2) is 5.33. The molecule has 0 fully saturated rings. The van der Waals surface area contributed by atoms with Crippen molar-refractivity contribution in [2.45, 2.75) is 6.42 Å². The van der Waals surface area contributed by atoms with Crippen LogP contribution in [0.5, 0.6) is 0 Å². The third-order valence-corrected chi connectivity index (χ3v) is 1.10. The lowest BCUT2D eigenvalue weighted by atomic mass is 10.4. The summed E-state index contributed by atoms with van der Waals surface area (Å²) in [6, 6.07) is -0.642. The number of thiol groups is 1. The van der Waals surface area contributed by atoms with Gasteiger partial charge in [-0.15, -0.1) is 0 Å². The van der Waals surface area contributed by atoms with Crippen molar-refractivity contribution in [3.8, 4) is 0 Å². The summed E-state index contributed by atoms with van der Waals surface area (Å²) in [4.78, 5) is 10.5. The molecule has 0 aliphatic heterocycles. The Morgan fingerprint density at radius 3 is 2.80 bits per heavy atom. The van der Waals surface area contributed by atoms with E-state index in [2.05, 4.69) is 12.8 Å². The highest BCUT2D eigenvalue weighted by molar-refractivity contribution is 7.78. The van der Waals surface area contributed by atoms with Crippen LogP contribution in [0.1, 0.15) is 6.42 Å². The molecule has 0 aromatic rings. The molecule has 6 heteroatoms. The maximum atomic E-state index is 10.5. The number of hydrogen-bond acceptors (Lipinski definition) is 4. The Bertz CT molecular complexity index is 111. The minimum Gasteiger partial charge on any atom is -0.330 e. The maximum absolute atomic E-state index is 10.5. The smallest absolute Gasteiger partial charge is 0.330 e. The van der Waals surface area contributed by atoms with E-state index in [1.54, 1.807) is 0 Å². The monoisotopic (exact) mass is 165 g/mol. The van der Waals surface area contributed by atoms with E-state index < -0.39 is 6.03 Å². The van der Waals surface area contributed by atoms with Crippen LogP contribution in [-0.4, -0.2) is 29.4 Å². The third kappa shape index (κ3) is 3.54. The molecule has 0 atom stereocenters. The Balaban J connectivity index is 3.41. The Kier molecular flexibility index (Phi) is 5.09. The molecule has 0 radical (unpaired) electrons. The molecule has 0 aromatic heterocycles. The first kappa shape index (κ1) is 9.54. The second-order valence-corrected chi connectivity index (χ2v) is 1.91. The quantitative estimate of drug-likeness (QED) is 0.260. The molecule has 5 nitrogen and oxygen atoms in total. The highest BCUT2D eigenvalue weighted by Crippen LogP contribution is 1.86. The van der Waals surface area contributed by atoms with Gasteiger partial charge in [0.1, 0.15) is 0 Å². The summed E-state index contributed by atoms with van der Waals surface area (Å²) in [5, 5.41) is 9.29. The van der Waals surface area contributed by atoms with Crippen molar-refractivity contribution in [1.82, 2.24) is 9.79 Å². The summed E-state index contributed by atoms with van der Waals surface area (Å²) in [7, 11) is 0. The number of urea groups is 1. The van der Waals surface area contributed by atoms with Crippen molar-refractivity contribution in [2.24, 2.45) is 5.73 Å². The van der Waals surface area contributed by atoms with Crippen LogP contribution in [0.4, 0.5) is 4.79 Å². The summed E-state index contributed by atoms with van der Waals surface area (Å²) in [5.41, 5.74) is 5.13. The maximum Gasteiger partial charge on any atom is 0.350 e. The standard InChI is InChI=1S/C4H11N3O2S/c5-2-1-3-7(9)4(8)6-10/h9-10H,1-3,5H2,(H,6,8). The minimum absolute atomic E-state index is 0.225. The average molecular weight is 165 g/mol. The SMILES string of the molecule is NCCCN(O)C(=O)NS. The molecule has 60 valence electrons. The highest BCUT2D eigenvalue weighted by atomic mass is 32.1. The second-order valence-electron chi connectivity index (χ2n) is 1.68. The van der Waals surface area contributed by atoms with Gasteiger partial charge < -0.3 is 5.73 Å². The molecule has 0 unspecified atom stereocenters. The van der Waals surface area contributed by atoms with E-state index in [4.69, 9.17) is 10.9 Å². The summed E-state index contributed by atoms with van der Waals surface area (Å²) in [6.07, 6.45) is 0.567. The first-order valence-electron chi connectivity index (χ1n) is 2.83. The third-order valence-electron chi connectivity index (χ3n) is 0.904. The zero-order chi connectivity index (χ0) is 7.98. The lowest BCUT2D eigenvalue weighted by Crippen LogP contribution is -2.34. The van der Waals surface area contributed by atoms with Gasteiger partial charge >= 0.3 is 6.03 Å². The molecule has 0 heterocycles. The van der Waals surface area contributed by atoms with Crippen LogP contribution in [0.25, 0.3) is 0 Å². The number of nitrogens with one attached hydrogen (secondary N) is 1. The van der Waals surface area contributed by atoms with Crippen LogP contribution < -0.4 is 10.5 Å². The normalized spacial score (nSPS) is 9.10. The van der Waals surface area contributed by atoms with Crippen LogP contribution in [0, 0.1) is 0 Å². The fraction of sp³-hybridized carbons (Fsp3) is 0.750. The van der Waals surface area contributed by atoms with E-state index in [1.807, 2.05) is 4.72 Å². The number of nitrogens with two attached hydrogens (primary N) is 1. The van der Waals surface area contributed by atoms with Crippen molar-refractivity contribution in [3.63, 3.8) is 0 Å². The van der Waals surface area contributed by atoms with Crippen molar-refractivity contribution in [1.29, 1.82) is 0 Å². The summed E-state index contributed by atoms with van der Waals surface area (Å²) in [6.45, 7) is 0.666. The lowest BCUT2D eigenvalue weighted by molar-refractivity contribution is -0.0407. The molecule has 0 aliphatic rings. The fourth-order valence-electron chi connectivity index (χ4n) is 0.400. The predicted octanol–water partition coefficient (Wildman–Crippen LogP) is -0.419. The molecule has 0 saturated heterocycles. The van der Waals surface area contributed by atoms with E-state index in [0.29, 0.717) is 18.0 Å². The number of carbonyl (C=O) groups is 1. The summed E-state index contributed by atoms with van der Waals surface area (Å²) < 4.78 is 1.96. The molecular weight excluding hydrogens is 154 g/mol. The molecule has 2 amide bonds. The number of amides is 2. The number of carbonyl (C=O) groups excluding carboxylic acids is 1. The van der Waals surface area contributed by atoms with Gasteiger partial charge in [0.15, 0.2) is 0 Å². The van der Waals surface area contributed by atoms with Gasteiger partial charge in [-0.25, -0.2) is 9.86 Å².